The maximum absolute atomic E-state index is 13.1. The van der Waals surface area contributed by atoms with Gasteiger partial charge >= 0.3 is 6.36 Å². The monoisotopic (exact) mass is 469 g/mol. The van der Waals surface area contributed by atoms with Crippen LogP contribution in [-0.2, 0) is 11.2 Å². The van der Waals surface area contributed by atoms with Gasteiger partial charge in [0, 0.05) is 28.6 Å². The lowest BCUT2D eigenvalue weighted by atomic mass is 9.77. The quantitative estimate of drug-likeness (QED) is 0.405. The molecule has 0 aromatic heterocycles. The fourth-order valence-electron chi connectivity index (χ4n) is 3.32. The number of nitro groups is 1. The van der Waals surface area contributed by atoms with Gasteiger partial charge in [-0.25, -0.2) is 0 Å². The Kier molecular flexibility index (Phi) is 5.90. The molecule has 1 aliphatic rings. The summed E-state index contributed by atoms with van der Waals surface area (Å²) in [5.41, 5.74) is -1.41. The van der Waals surface area contributed by atoms with Crippen LogP contribution in [0.3, 0.4) is 0 Å². The first-order valence-corrected chi connectivity index (χ1v) is 9.40. The number of hydrogen-bond donors (Lipinski definition) is 0. The molecule has 29 heavy (non-hydrogen) atoms. The van der Waals surface area contributed by atoms with Gasteiger partial charge in [0.2, 0.25) is 0 Å². The molecule has 1 aliphatic carbocycles. The Hall–Kier alpha value is -2.52. The van der Waals surface area contributed by atoms with Crippen LogP contribution < -0.4 is 0 Å². The normalized spacial score (nSPS) is 19.4. The second-order valence-corrected chi connectivity index (χ2v) is 7.54. The van der Waals surface area contributed by atoms with Crippen LogP contribution in [0.5, 0.6) is 0 Å². The van der Waals surface area contributed by atoms with Crippen LogP contribution in [0.1, 0.15) is 34.3 Å². The number of halogens is 4. The minimum atomic E-state index is -5.03. The van der Waals surface area contributed by atoms with Crippen molar-refractivity contribution in [3.63, 3.8) is 0 Å². The van der Waals surface area contributed by atoms with Gasteiger partial charge in [-0.05, 0) is 36.1 Å². The Morgan fingerprint density at radius 1 is 1.21 bits per heavy atom. The topological polar surface area (TPSA) is 69.4 Å². The summed E-state index contributed by atoms with van der Waals surface area (Å²) in [6.07, 6.45) is -2.33. The van der Waals surface area contributed by atoms with Gasteiger partial charge in [0.25, 0.3) is 5.69 Å². The zero-order chi connectivity index (χ0) is 21.2. The average Bonchev–Trinajstić information content (AvgIpc) is 2.65. The zero-order valence-corrected chi connectivity index (χ0v) is 16.5. The van der Waals surface area contributed by atoms with Crippen molar-refractivity contribution in [1.82, 2.24) is 0 Å². The highest BCUT2D eigenvalue weighted by Crippen LogP contribution is 2.40. The Labute approximate surface area is 172 Å². The number of rotatable bonds is 5. The Morgan fingerprint density at radius 2 is 1.90 bits per heavy atom. The van der Waals surface area contributed by atoms with Gasteiger partial charge in [0.05, 0.1) is 4.92 Å². The fraction of sp³-hybridized carbons (Fsp3) is 0.250. The number of carbonyl (C=O) groups excluding carboxylic acids is 1. The molecule has 0 N–H and O–H groups in total. The molecule has 0 bridgehead atoms. The predicted octanol–water partition coefficient (Wildman–Crippen LogP) is 5.86. The van der Waals surface area contributed by atoms with Crippen LogP contribution in [-0.4, -0.2) is 22.7 Å². The molecule has 2 aromatic rings. The number of nitrogens with zero attached hydrogens (tertiary/aromatic N) is 1. The Balaban J connectivity index is 1.94. The molecule has 0 saturated heterocycles. The summed E-state index contributed by atoms with van der Waals surface area (Å²) in [5, 5.41) is 11.0. The van der Waals surface area contributed by atoms with Gasteiger partial charge in [-0.2, -0.15) is 0 Å². The molecular weight excluding hydrogens is 455 g/mol. The number of non-ortho nitro benzene ring substituents is 1. The lowest BCUT2D eigenvalue weighted by Crippen LogP contribution is -2.48. The second-order valence-electron chi connectivity index (χ2n) is 6.63. The summed E-state index contributed by atoms with van der Waals surface area (Å²) < 4.78 is 44.5. The number of aryl methyl sites for hydroxylation is 1. The van der Waals surface area contributed by atoms with Crippen molar-refractivity contribution in [3.8, 4) is 0 Å². The first-order chi connectivity index (χ1) is 13.6. The van der Waals surface area contributed by atoms with E-state index in [2.05, 4.69) is 20.7 Å². The number of Topliss-reactive ketones (excluding diaryl/α,β-unsaturated/α-hetero) is 1. The summed E-state index contributed by atoms with van der Waals surface area (Å²) in [4.78, 5) is 23.3. The van der Waals surface area contributed by atoms with Gasteiger partial charge < -0.3 is 0 Å². The summed E-state index contributed by atoms with van der Waals surface area (Å²) in [7, 11) is 0. The van der Waals surface area contributed by atoms with Crippen molar-refractivity contribution in [2.24, 2.45) is 0 Å². The first kappa shape index (κ1) is 21.2. The lowest BCUT2D eigenvalue weighted by Gasteiger charge is -2.36. The molecular formula is C20H15BrF3NO4. The molecule has 5 nitrogen and oxygen atoms in total. The average molecular weight is 470 g/mol. The van der Waals surface area contributed by atoms with Gasteiger partial charge in [-0.1, -0.05) is 46.3 Å². The number of carbonyl (C=O) groups is 1. The SMILES string of the molecule is O=C1c2cc([N+](=O)[O-])ccc2CC[C@]1(C/C=C/c1ccc(Br)cc1)OC(F)(F)F. The van der Waals surface area contributed by atoms with Crippen molar-refractivity contribution in [3.05, 3.63) is 79.8 Å². The molecule has 0 fully saturated rings. The van der Waals surface area contributed by atoms with Crippen LogP contribution in [0.25, 0.3) is 6.08 Å². The van der Waals surface area contributed by atoms with Crippen LogP contribution in [0, 0.1) is 10.1 Å². The number of nitro benzene ring substituents is 1. The lowest BCUT2D eigenvalue weighted by molar-refractivity contribution is -0.384. The molecule has 0 radical (unpaired) electrons. The molecule has 1 atom stereocenters. The summed E-state index contributed by atoms with van der Waals surface area (Å²) in [5.74, 6) is -0.903. The van der Waals surface area contributed by atoms with E-state index in [0.29, 0.717) is 5.56 Å². The molecule has 0 spiro atoms. The van der Waals surface area contributed by atoms with E-state index in [0.717, 1.165) is 16.1 Å². The highest BCUT2D eigenvalue weighted by atomic mass is 79.9. The van der Waals surface area contributed by atoms with Crippen LogP contribution >= 0.6 is 15.9 Å². The number of fused-ring (bicyclic) bond motifs is 1. The third-order valence-electron chi connectivity index (χ3n) is 4.70. The van der Waals surface area contributed by atoms with E-state index in [1.807, 2.05) is 0 Å². The smallest absolute Gasteiger partial charge is 0.291 e. The first-order valence-electron chi connectivity index (χ1n) is 8.61. The second kappa shape index (κ2) is 8.08. The van der Waals surface area contributed by atoms with Crippen molar-refractivity contribution >= 4 is 33.5 Å². The molecule has 0 saturated carbocycles. The number of hydrogen-bond acceptors (Lipinski definition) is 4. The standard InChI is InChI=1S/C20H15BrF3NO4/c21-15-6-3-13(4-7-15)2-1-10-19(29-20(22,23)24)11-9-14-5-8-16(25(27)28)12-17(14)18(19)26/h1-8,12H,9-11H2/b2-1+/t19-/m0/s1. The molecule has 2 aromatic carbocycles. The van der Waals surface area contributed by atoms with Gasteiger partial charge in [0.15, 0.2) is 5.78 Å². The Bertz CT molecular complexity index is 973. The molecule has 0 amide bonds. The molecule has 0 unspecified atom stereocenters. The van der Waals surface area contributed by atoms with E-state index in [4.69, 9.17) is 0 Å². The summed E-state index contributed by atoms with van der Waals surface area (Å²) >= 11 is 3.30. The number of ketones is 1. The molecule has 3 rings (SSSR count). The zero-order valence-electron chi connectivity index (χ0n) is 14.9. The largest absolute Gasteiger partial charge is 0.523 e. The minimum Gasteiger partial charge on any atom is -0.291 e. The highest BCUT2D eigenvalue weighted by Gasteiger charge is 2.50. The minimum absolute atomic E-state index is 0.105. The highest BCUT2D eigenvalue weighted by molar-refractivity contribution is 9.10. The van der Waals surface area contributed by atoms with Crippen molar-refractivity contribution in [1.29, 1.82) is 0 Å². The summed E-state index contributed by atoms with van der Waals surface area (Å²) in [6, 6.07) is 10.7. The number of alkyl halides is 3. The fourth-order valence-corrected chi connectivity index (χ4v) is 3.58. The van der Waals surface area contributed by atoms with Crippen molar-refractivity contribution in [2.45, 2.75) is 31.2 Å². The van der Waals surface area contributed by atoms with Crippen LogP contribution in [0.15, 0.2) is 53.0 Å². The predicted molar refractivity (Wildman–Crippen MR) is 103 cm³/mol. The third kappa shape index (κ3) is 4.91. The maximum Gasteiger partial charge on any atom is 0.523 e. The van der Waals surface area contributed by atoms with E-state index in [1.165, 1.54) is 18.2 Å². The van der Waals surface area contributed by atoms with Crippen LogP contribution in [0.4, 0.5) is 18.9 Å². The van der Waals surface area contributed by atoms with Gasteiger partial charge in [0.1, 0.15) is 5.60 Å². The van der Waals surface area contributed by atoms with Crippen molar-refractivity contribution < 1.29 is 27.6 Å². The molecule has 152 valence electrons. The van der Waals surface area contributed by atoms with Crippen molar-refractivity contribution in [2.75, 3.05) is 0 Å². The number of benzene rings is 2. The van der Waals surface area contributed by atoms with E-state index in [9.17, 15) is 28.1 Å². The van der Waals surface area contributed by atoms with E-state index in [1.54, 1.807) is 30.3 Å². The number of ether oxygens (including phenoxy) is 1. The van der Waals surface area contributed by atoms with E-state index < -0.39 is 22.7 Å². The third-order valence-corrected chi connectivity index (χ3v) is 5.23. The van der Waals surface area contributed by atoms with Gasteiger partial charge in [-0.15, -0.1) is 13.2 Å². The van der Waals surface area contributed by atoms with Gasteiger partial charge in [-0.3, -0.25) is 19.6 Å². The van der Waals surface area contributed by atoms with E-state index in [-0.39, 0.29) is 30.5 Å². The summed E-state index contributed by atoms with van der Waals surface area (Å²) in [6.45, 7) is 0. The Morgan fingerprint density at radius 3 is 2.52 bits per heavy atom. The molecule has 0 heterocycles. The van der Waals surface area contributed by atoms with E-state index >= 15 is 0 Å². The van der Waals surface area contributed by atoms with Crippen LogP contribution in [0.2, 0.25) is 0 Å². The molecule has 0 aliphatic heterocycles. The molecule has 9 heteroatoms. The maximum atomic E-state index is 13.1.